The molecule has 0 atom stereocenters. The second-order valence-electron chi connectivity index (χ2n) is 3.36. The Morgan fingerprint density at radius 2 is 2.00 bits per heavy atom. The van der Waals surface area contributed by atoms with Gasteiger partial charge < -0.3 is 4.74 Å². The third kappa shape index (κ3) is 3.98. The first-order valence-electron chi connectivity index (χ1n) is 5.12. The van der Waals surface area contributed by atoms with Crippen molar-refractivity contribution in [1.82, 2.24) is 0 Å². The molecule has 0 saturated carbocycles. The van der Waals surface area contributed by atoms with Crippen LogP contribution in [0.4, 0.5) is 0 Å². The van der Waals surface area contributed by atoms with Gasteiger partial charge in [-0.05, 0) is 18.9 Å². The van der Waals surface area contributed by atoms with Crippen LogP contribution in [0, 0.1) is 0 Å². The Morgan fingerprint density at radius 1 is 1.33 bits per heavy atom. The molecule has 1 aromatic carbocycles. The maximum absolute atomic E-state index is 11.4. The fraction of sp³-hybridized carbons (Fsp3) is 0.308. The van der Waals surface area contributed by atoms with Crippen LogP contribution in [0.3, 0.4) is 0 Å². The third-order valence-electron chi connectivity index (χ3n) is 2.05. The van der Waals surface area contributed by atoms with E-state index in [1.807, 2.05) is 43.3 Å². The second kappa shape index (κ2) is 6.02. The quantitative estimate of drug-likeness (QED) is 0.556. The summed E-state index contributed by atoms with van der Waals surface area (Å²) in [6, 6.07) is 9.67. The lowest BCUT2D eigenvalue weighted by atomic mass is 10.2. The van der Waals surface area contributed by atoms with E-state index in [-0.39, 0.29) is 5.97 Å². The summed E-state index contributed by atoms with van der Waals surface area (Å²) in [5.74, 6) is -0.235. The molecular weight excluding hydrogens is 188 g/mol. The number of ether oxygens (including phenoxy) is 1. The highest BCUT2D eigenvalue weighted by Crippen LogP contribution is 2.04. The standard InChI is InChI=1S/C13H16O2/c1-3-7-11(2)13(14)15-10-12-8-5-4-6-9-12/h4-9H,3,10H2,1-2H3. The first-order chi connectivity index (χ1) is 7.24. The maximum Gasteiger partial charge on any atom is 0.333 e. The summed E-state index contributed by atoms with van der Waals surface area (Å²) in [6.45, 7) is 4.11. The van der Waals surface area contributed by atoms with Gasteiger partial charge in [0.2, 0.25) is 0 Å². The Morgan fingerprint density at radius 3 is 2.60 bits per heavy atom. The predicted molar refractivity (Wildman–Crippen MR) is 60.3 cm³/mol. The topological polar surface area (TPSA) is 26.3 Å². The molecule has 0 amide bonds. The van der Waals surface area contributed by atoms with Gasteiger partial charge in [-0.3, -0.25) is 0 Å². The first kappa shape index (κ1) is 11.5. The van der Waals surface area contributed by atoms with Crippen molar-refractivity contribution in [2.45, 2.75) is 26.9 Å². The van der Waals surface area contributed by atoms with Crippen molar-refractivity contribution < 1.29 is 9.53 Å². The van der Waals surface area contributed by atoms with Crippen molar-refractivity contribution in [3.63, 3.8) is 0 Å². The minimum absolute atomic E-state index is 0.235. The minimum atomic E-state index is -0.235. The molecule has 2 nitrogen and oxygen atoms in total. The van der Waals surface area contributed by atoms with E-state index in [2.05, 4.69) is 0 Å². The van der Waals surface area contributed by atoms with E-state index >= 15 is 0 Å². The van der Waals surface area contributed by atoms with Crippen LogP contribution < -0.4 is 0 Å². The second-order valence-corrected chi connectivity index (χ2v) is 3.36. The summed E-state index contributed by atoms with van der Waals surface area (Å²) < 4.78 is 5.14. The van der Waals surface area contributed by atoms with Gasteiger partial charge in [-0.25, -0.2) is 4.79 Å². The molecule has 0 aliphatic heterocycles. The average molecular weight is 204 g/mol. The van der Waals surface area contributed by atoms with Crippen LogP contribution in [0.5, 0.6) is 0 Å². The van der Waals surface area contributed by atoms with Crippen LogP contribution in [0.15, 0.2) is 42.0 Å². The van der Waals surface area contributed by atoms with Crippen LogP contribution in [-0.4, -0.2) is 5.97 Å². The van der Waals surface area contributed by atoms with E-state index < -0.39 is 0 Å². The van der Waals surface area contributed by atoms with Crippen molar-refractivity contribution in [3.8, 4) is 0 Å². The Balaban J connectivity index is 2.45. The summed E-state index contributed by atoms with van der Waals surface area (Å²) in [4.78, 5) is 11.4. The Kier molecular flexibility index (Phi) is 4.61. The molecular formula is C13H16O2. The van der Waals surface area contributed by atoms with Gasteiger partial charge in [0.25, 0.3) is 0 Å². The molecule has 0 N–H and O–H groups in total. The van der Waals surface area contributed by atoms with Crippen LogP contribution in [0.1, 0.15) is 25.8 Å². The van der Waals surface area contributed by atoms with Gasteiger partial charge in [-0.2, -0.15) is 0 Å². The van der Waals surface area contributed by atoms with Gasteiger partial charge >= 0.3 is 5.97 Å². The van der Waals surface area contributed by atoms with Crippen molar-refractivity contribution in [2.24, 2.45) is 0 Å². The number of hydrogen-bond donors (Lipinski definition) is 0. The molecule has 2 heteroatoms. The van der Waals surface area contributed by atoms with Gasteiger partial charge in [0.1, 0.15) is 6.61 Å². The van der Waals surface area contributed by atoms with E-state index in [9.17, 15) is 4.79 Å². The Labute approximate surface area is 90.6 Å². The lowest BCUT2D eigenvalue weighted by molar-refractivity contribution is -0.140. The zero-order chi connectivity index (χ0) is 11.1. The molecule has 0 unspecified atom stereocenters. The largest absolute Gasteiger partial charge is 0.457 e. The molecule has 0 saturated heterocycles. The predicted octanol–water partition coefficient (Wildman–Crippen LogP) is 3.09. The van der Waals surface area contributed by atoms with E-state index in [1.165, 1.54) is 0 Å². The fourth-order valence-corrected chi connectivity index (χ4v) is 1.23. The number of benzene rings is 1. The number of hydrogen-bond acceptors (Lipinski definition) is 2. The van der Waals surface area contributed by atoms with Gasteiger partial charge in [0, 0.05) is 5.57 Å². The average Bonchev–Trinajstić information content (AvgIpc) is 2.27. The van der Waals surface area contributed by atoms with Crippen molar-refractivity contribution in [2.75, 3.05) is 0 Å². The van der Waals surface area contributed by atoms with Crippen molar-refractivity contribution in [1.29, 1.82) is 0 Å². The Bertz CT molecular complexity index is 339. The summed E-state index contributed by atoms with van der Waals surface area (Å²) in [5.41, 5.74) is 1.68. The summed E-state index contributed by atoms with van der Waals surface area (Å²) in [7, 11) is 0. The number of rotatable bonds is 4. The minimum Gasteiger partial charge on any atom is -0.457 e. The van der Waals surface area contributed by atoms with E-state index in [4.69, 9.17) is 4.74 Å². The Hall–Kier alpha value is -1.57. The number of carbonyl (C=O) groups excluding carboxylic acids is 1. The SMILES string of the molecule is CCC=C(C)C(=O)OCc1ccccc1. The van der Waals surface area contributed by atoms with Crippen LogP contribution >= 0.6 is 0 Å². The van der Waals surface area contributed by atoms with Gasteiger partial charge in [0.05, 0.1) is 0 Å². The first-order valence-corrected chi connectivity index (χ1v) is 5.12. The normalized spacial score (nSPS) is 11.2. The molecule has 0 spiro atoms. The molecule has 0 heterocycles. The number of allylic oxidation sites excluding steroid dienone is 1. The molecule has 0 bridgehead atoms. The molecule has 0 radical (unpaired) electrons. The molecule has 1 aromatic rings. The van der Waals surface area contributed by atoms with E-state index in [0.717, 1.165) is 12.0 Å². The van der Waals surface area contributed by atoms with E-state index in [0.29, 0.717) is 12.2 Å². The van der Waals surface area contributed by atoms with Crippen LogP contribution in [0.2, 0.25) is 0 Å². The molecule has 80 valence electrons. The highest BCUT2D eigenvalue weighted by Gasteiger charge is 2.04. The summed E-state index contributed by atoms with van der Waals surface area (Å²) in [5, 5.41) is 0. The molecule has 15 heavy (non-hydrogen) atoms. The zero-order valence-electron chi connectivity index (χ0n) is 9.19. The highest BCUT2D eigenvalue weighted by molar-refractivity contribution is 5.87. The maximum atomic E-state index is 11.4. The number of carbonyl (C=O) groups is 1. The molecule has 0 aromatic heterocycles. The fourth-order valence-electron chi connectivity index (χ4n) is 1.23. The van der Waals surface area contributed by atoms with Crippen LogP contribution in [-0.2, 0) is 16.1 Å². The lowest BCUT2D eigenvalue weighted by Crippen LogP contribution is -2.05. The third-order valence-corrected chi connectivity index (χ3v) is 2.05. The summed E-state index contributed by atoms with van der Waals surface area (Å²) >= 11 is 0. The van der Waals surface area contributed by atoms with Gasteiger partial charge in [-0.1, -0.05) is 43.3 Å². The smallest absolute Gasteiger partial charge is 0.333 e. The van der Waals surface area contributed by atoms with Gasteiger partial charge in [-0.15, -0.1) is 0 Å². The molecule has 0 fully saturated rings. The summed E-state index contributed by atoms with van der Waals surface area (Å²) in [6.07, 6.45) is 2.72. The number of esters is 1. The monoisotopic (exact) mass is 204 g/mol. The van der Waals surface area contributed by atoms with Gasteiger partial charge in [0.15, 0.2) is 0 Å². The zero-order valence-corrected chi connectivity index (χ0v) is 9.19. The van der Waals surface area contributed by atoms with E-state index in [1.54, 1.807) is 6.92 Å². The van der Waals surface area contributed by atoms with Crippen molar-refractivity contribution in [3.05, 3.63) is 47.5 Å². The van der Waals surface area contributed by atoms with Crippen molar-refractivity contribution >= 4 is 5.97 Å². The van der Waals surface area contributed by atoms with Crippen LogP contribution in [0.25, 0.3) is 0 Å². The molecule has 0 aliphatic rings. The highest BCUT2D eigenvalue weighted by atomic mass is 16.5. The lowest BCUT2D eigenvalue weighted by Gasteiger charge is -2.04. The molecule has 1 rings (SSSR count). The molecule has 0 aliphatic carbocycles.